The summed E-state index contributed by atoms with van der Waals surface area (Å²) in [6.07, 6.45) is 71.3. The highest BCUT2D eigenvalue weighted by atomic mass is 16.6. The molecular formula is C61H112O5. The molecule has 0 amide bonds. The second kappa shape index (κ2) is 57.2. The van der Waals surface area contributed by atoms with E-state index in [4.69, 9.17) is 14.2 Å². The van der Waals surface area contributed by atoms with Crippen LogP contribution in [0.1, 0.15) is 303 Å². The van der Waals surface area contributed by atoms with E-state index < -0.39 is 6.10 Å². The topological polar surface area (TPSA) is 61.8 Å². The van der Waals surface area contributed by atoms with Crippen molar-refractivity contribution >= 4 is 11.9 Å². The van der Waals surface area contributed by atoms with Crippen LogP contribution in [0.4, 0.5) is 0 Å². The average molecular weight is 926 g/mol. The van der Waals surface area contributed by atoms with Crippen molar-refractivity contribution in [3.63, 3.8) is 0 Å². The zero-order valence-electron chi connectivity index (χ0n) is 44.5. The maximum atomic E-state index is 12.8. The minimum atomic E-state index is -0.545. The summed E-state index contributed by atoms with van der Waals surface area (Å²) in [5.41, 5.74) is 0. The van der Waals surface area contributed by atoms with Gasteiger partial charge in [-0.05, 0) is 57.8 Å². The maximum Gasteiger partial charge on any atom is 0.306 e. The van der Waals surface area contributed by atoms with Gasteiger partial charge in [0.2, 0.25) is 0 Å². The Labute approximate surface area is 412 Å². The minimum absolute atomic E-state index is 0.0807. The predicted molar refractivity (Wildman–Crippen MR) is 288 cm³/mol. The van der Waals surface area contributed by atoms with Gasteiger partial charge in [0.1, 0.15) is 6.61 Å². The average Bonchev–Trinajstić information content (AvgIpc) is 3.32. The molecule has 0 spiro atoms. The van der Waals surface area contributed by atoms with Gasteiger partial charge in [-0.3, -0.25) is 9.59 Å². The van der Waals surface area contributed by atoms with Gasteiger partial charge in [0, 0.05) is 19.4 Å². The van der Waals surface area contributed by atoms with Crippen LogP contribution < -0.4 is 0 Å². The molecule has 66 heavy (non-hydrogen) atoms. The highest BCUT2D eigenvalue weighted by Crippen LogP contribution is 2.17. The molecule has 0 aromatic heterocycles. The molecule has 0 N–H and O–H groups in total. The van der Waals surface area contributed by atoms with Crippen LogP contribution in [0.3, 0.4) is 0 Å². The molecule has 1 atom stereocenters. The lowest BCUT2D eigenvalue weighted by molar-refractivity contribution is -0.163. The lowest BCUT2D eigenvalue weighted by atomic mass is 10.0. The Balaban J connectivity index is 4.25. The third kappa shape index (κ3) is 54.5. The zero-order chi connectivity index (χ0) is 47.7. The molecule has 0 rings (SSSR count). The number of unbranched alkanes of at least 4 members (excludes halogenated alkanes) is 35. The first-order valence-corrected chi connectivity index (χ1v) is 29.2. The SMILES string of the molecule is CC/C=C\C/C=C\C/C=C\C/C=C\CCCCCCC(=O)OC(COCCCCCCCCCCCCCCCC)COC(=O)CCCCCCCCCCCCCCCCCCCCC. The number of hydrogen-bond acceptors (Lipinski definition) is 5. The van der Waals surface area contributed by atoms with Gasteiger partial charge in [-0.2, -0.15) is 0 Å². The fourth-order valence-electron chi connectivity index (χ4n) is 8.56. The van der Waals surface area contributed by atoms with E-state index >= 15 is 0 Å². The molecule has 5 nitrogen and oxygen atoms in total. The molecule has 0 aromatic rings. The molecule has 0 saturated carbocycles. The van der Waals surface area contributed by atoms with Crippen molar-refractivity contribution in [1.82, 2.24) is 0 Å². The highest BCUT2D eigenvalue weighted by molar-refractivity contribution is 5.70. The Morgan fingerprint density at radius 3 is 1.09 bits per heavy atom. The van der Waals surface area contributed by atoms with Crippen molar-refractivity contribution < 1.29 is 23.8 Å². The van der Waals surface area contributed by atoms with Gasteiger partial charge in [-0.15, -0.1) is 0 Å². The summed E-state index contributed by atoms with van der Waals surface area (Å²) in [5.74, 6) is -0.405. The van der Waals surface area contributed by atoms with Crippen LogP contribution in [-0.2, 0) is 23.8 Å². The van der Waals surface area contributed by atoms with Crippen LogP contribution >= 0.6 is 0 Å². The van der Waals surface area contributed by atoms with Gasteiger partial charge in [0.15, 0.2) is 6.10 Å². The maximum absolute atomic E-state index is 12.8. The minimum Gasteiger partial charge on any atom is -0.462 e. The van der Waals surface area contributed by atoms with Crippen LogP contribution in [0.25, 0.3) is 0 Å². The lowest BCUT2D eigenvalue weighted by Crippen LogP contribution is -2.30. The van der Waals surface area contributed by atoms with Gasteiger partial charge >= 0.3 is 11.9 Å². The van der Waals surface area contributed by atoms with E-state index in [1.807, 2.05) is 0 Å². The summed E-state index contributed by atoms with van der Waals surface area (Å²) in [4.78, 5) is 25.5. The van der Waals surface area contributed by atoms with Crippen molar-refractivity contribution in [2.24, 2.45) is 0 Å². The Morgan fingerprint density at radius 2 is 0.682 bits per heavy atom. The summed E-state index contributed by atoms with van der Waals surface area (Å²) < 4.78 is 17.5. The molecule has 0 heterocycles. The molecule has 1 unspecified atom stereocenters. The Morgan fingerprint density at radius 1 is 0.348 bits per heavy atom. The first-order valence-electron chi connectivity index (χ1n) is 29.2. The molecule has 0 aliphatic rings. The Bertz CT molecular complexity index is 1090. The molecule has 5 heteroatoms. The Hall–Kier alpha value is -2.14. The summed E-state index contributed by atoms with van der Waals surface area (Å²) in [7, 11) is 0. The van der Waals surface area contributed by atoms with E-state index in [1.54, 1.807) is 0 Å². The van der Waals surface area contributed by atoms with Crippen molar-refractivity contribution in [2.75, 3.05) is 19.8 Å². The van der Waals surface area contributed by atoms with Crippen LogP contribution in [-0.4, -0.2) is 37.9 Å². The second-order valence-corrected chi connectivity index (χ2v) is 19.5. The standard InChI is InChI=1S/C61H112O5/c1-4-7-10-13-16-19-22-25-28-30-31-33-34-36-39-42-45-48-51-54-60(62)65-58-59(57-64-56-53-50-47-44-41-38-27-24-21-18-15-12-9-6-3)66-61(63)55-52-49-46-43-40-37-35-32-29-26-23-20-17-14-11-8-5-2/h8,11,17,20,26,29,35,37,59H,4-7,9-10,12-16,18-19,21-25,27-28,30-34,36,38-58H2,1-3H3/b11-8-,20-17-,29-26-,37-35-. The van der Waals surface area contributed by atoms with E-state index in [1.165, 1.54) is 193 Å². The van der Waals surface area contributed by atoms with Gasteiger partial charge in [0.25, 0.3) is 0 Å². The molecule has 0 bridgehead atoms. The van der Waals surface area contributed by atoms with E-state index in [0.29, 0.717) is 19.4 Å². The molecule has 0 saturated heterocycles. The van der Waals surface area contributed by atoms with Crippen LogP contribution in [0.15, 0.2) is 48.6 Å². The fourth-order valence-corrected chi connectivity index (χ4v) is 8.56. The third-order valence-electron chi connectivity index (χ3n) is 12.9. The summed E-state index contributed by atoms with van der Waals surface area (Å²) in [6.45, 7) is 7.75. The summed E-state index contributed by atoms with van der Waals surface area (Å²) in [6, 6.07) is 0. The van der Waals surface area contributed by atoms with Crippen molar-refractivity contribution in [1.29, 1.82) is 0 Å². The lowest BCUT2D eigenvalue weighted by Gasteiger charge is -2.18. The van der Waals surface area contributed by atoms with E-state index in [9.17, 15) is 9.59 Å². The molecular weight excluding hydrogens is 813 g/mol. The third-order valence-corrected chi connectivity index (χ3v) is 12.9. The van der Waals surface area contributed by atoms with E-state index in [-0.39, 0.29) is 25.2 Å². The van der Waals surface area contributed by atoms with Crippen LogP contribution in [0, 0.1) is 0 Å². The predicted octanol–water partition coefficient (Wildman–Crippen LogP) is 19.9. The van der Waals surface area contributed by atoms with Gasteiger partial charge < -0.3 is 14.2 Å². The zero-order valence-corrected chi connectivity index (χ0v) is 44.5. The smallest absolute Gasteiger partial charge is 0.306 e. The number of esters is 2. The van der Waals surface area contributed by atoms with Gasteiger partial charge in [-0.25, -0.2) is 0 Å². The van der Waals surface area contributed by atoms with Crippen LogP contribution in [0.5, 0.6) is 0 Å². The molecule has 0 aliphatic carbocycles. The summed E-state index contributed by atoms with van der Waals surface area (Å²) in [5, 5.41) is 0. The van der Waals surface area contributed by atoms with E-state index in [0.717, 1.165) is 77.0 Å². The van der Waals surface area contributed by atoms with Gasteiger partial charge in [-0.1, -0.05) is 281 Å². The highest BCUT2D eigenvalue weighted by Gasteiger charge is 2.17. The first kappa shape index (κ1) is 63.9. The molecule has 0 fully saturated rings. The van der Waals surface area contributed by atoms with Crippen molar-refractivity contribution in [3.05, 3.63) is 48.6 Å². The fraction of sp³-hybridized carbons (Fsp3) is 0.836. The number of allylic oxidation sites excluding steroid dienone is 8. The van der Waals surface area contributed by atoms with Gasteiger partial charge in [0.05, 0.1) is 6.61 Å². The molecule has 0 radical (unpaired) electrons. The summed E-state index contributed by atoms with van der Waals surface area (Å²) >= 11 is 0. The van der Waals surface area contributed by atoms with E-state index in [2.05, 4.69) is 69.4 Å². The quantitative estimate of drug-likeness (QED) is 0.0345. The number of hydrogen-bond donors (Lipinski definition) is 0. The number of ether oxygens (including phenoxy) is 3. The number of carbonyl (C=O) groups is 2. The largest absolute Gasteiger partial charge is 0.462 e. The Kier molecular flexibility index (Phi) is 55.3. The monoisotopic (exact) mass is 925 g/mol. The molecule has 0 aromatic carbocycles. The molecule has 0 aliphatic heterocycles. The first-order chi connectivity index (χ1) is 32.6. The molecule has 386 valence electrons. The normalized spacial score (nSPS) is 12.5. The van der Waals surface area contributed by atoms with Crippen molar-refractivity contribution in [2.45, 2.75) is 309 Å². The second-order valence-electron chi connectivity index (χ2n) is 19.5. The van der Waals surface area contributed by atoms with Crippen LogP contribution in [0.2, 0.25) is 0 Å². The van der Waals surface area contributed by atoms with Crippen molar-refractivity contribution in [3.8, 4) is 0 Å². The number of carbonyl (C=O) groups excluding carboxylic acids is 2. The number of rotatable bonds is 54.